The lowest BCUT2D eigenvalue weighted by molar-refractivity contribution is -0.120. The minimum Gasteiger partial charge on any atom is -0.356 e. The Balaban J connectivity index is 1.29. The van der Waals surface area contributed by atoms with Crippen LogP contribution < -0.4 is 10.2 Å². The topological polar surface area (TPSA) is 85.5 Å². The molecule has 7 rings (SSSR count). The van der Waals surface area contributed by atoms with Gasteiger partial charge in [0.2, 0.25) is 0 Å². The average molecular weight is 545 g/mol. The van der Waals surface area contributed by atoms with Crippen LogP contribution in [0, 0.1) is 5.82 Å². The van der Waals surface area contributed by atoms with Crippen LogP contribution in [-0.4, -0.2) is 33.8 Å². The smallest absolute Gasteiger partial charge is 0.332 e. The summed E-state index contributed by atoms with van der Waals surface area (Å²) in [6.07, 6.45) is 0.320. The summed E-state index contributed by atoms with van der Waals surface area (Å²) < 4.78 is 13.9. The second-order valence-corrected chi connectivity index (χ2v) is 10.3. The van der Waals surface area contributed by atoms with Crippen molar-refractivity contribution in [2.75, 3.05) is 4.90 Å². The lowest BCUT2D eigenvalue weighted by Crippen LogP contribution is -2.44. The Bertz CT molecular complexity index is 1820. The molecule has 4 aromatic carbocycles. The number of hydrogen-bond acceptors (Lipinski definition) is 3. The first-order chi connectivity index (χ1) is 20.0. The van der Waals surface area contributed by atoms with Gasteiger partial charge >= 0.3 is 6.03 Å². The summed E-state index contributed by atoms with van der Waals surface area (Å²) in [4.78, 5) is 47.7. The molecule has 0 bridgehead atoms. The summed E-state index contributed by atoms with van der Waals surface area (Å²) in [6.45, 7) is 0.305. The van der Waals surface area contributed by atoms with Crippen molar-refractivity contribution in [3.05, 3.63) is 137 Å². The summed E-state index contributed by atoms with van der Waals surface area (Å²) in [5.74, 6) is -1.18. The molecule has 2 N–H and O–H groups in total. The van der Waals surface area contributed by atoms with E-state index in [9.17, 15) is 18.8 Å². The van der Waals surface area contributed by atoms with Crippen LogP contribution in [0.1, 0.15) is 38.8 Å². The van der Waals surface area contributed by atoms with Crippen LogP contribution in [0.3, 0.4) is 0 Å². The molecule has 0 spiro atoms. The number of para-hydroxylation sites is 2. The quantitative estimate of drug-likeness (QED) is 0.278. The summed E-state index contributed by atoms with van der Waals surface area (Å²) in [5, 5.41) is 3.88. The number of carbonyl (C=O) groups excluding carboxylic acids is 3. The van der Waals surface area contributed by atoms with Crippen LogP contribution >= 0.6 is 0 Å². The molecular formula is C33H25FN4O3. The van der Waals surface area contributed by atoms with Crippen molar-refractivity contribution in [1.29, 1.82) is 0 Å². The van der Waals surface area contributed by atoms with Crippen molar-refractivity contribution in [1.82, 2.24) is 15.2 Å². The third kappa shape index (κ3) is 4.07. The second-order valence-electron chi connectivity index (χ2n) is 10.3. The zero-order chi connectivity index (χ0) is 28.1. The van der Waals surface area contributed by atoms with E-state index in [0.29, 0.717) is 18.5 Å². The number of anilines is 1. The molecule has 4 amide bonds. The summed E-state index contributed by atoms with van der Waals surface area (Å²) >= 11 is 0. The molecule has 41 heavy (non-hydrogen) atoms. The van der Waals surface area contributed by atoms with Gasteiger partial charge in [0.05, 0.1) is 11.3 Å². The van der Waals surface area contributed by atoms with Crippen LogP contribution in [0.25, 0.3) is 10.9 Å². The highest BCUT2D eigenvalue weighted by Crippen LogP contribution is 2.45. The highest BCUT2D eigenvalue weighted by molar-refractivity contribution is 6.24. The van der Waals surface area contributed by atoms with E-state index in [2.05, 4.69) is 10.3 Å². The number of halogens is 1. The molecule has 1 aromatic heterocycles. The van der Waals surface area contributed by atoms with E-state index in [1.165, 1.54) is 12.1 Å². The van der Waals surface area contributed by atoms with E-state index < -0.39 is 24.0 Å². The maximum absolute atomic E-state index is 14.2. The molecule has 2 atom stereocenters. The lowest BCUT2D eigenvalue weighted by atomic mass is 9.89. The van der Waals surface area contributed by atoms with Gasteiger partial charge in [-0.1, -0.05) is 72.8 Å². The molecule has 3 heterocycles. The van der Waals surface area contributed by atoms with E-state index in [1.54, 1.807) is 41.3 Å². The number of carbonyl (C=O) groups is 3. The van der Waals surface area contributed by atoms with E-state index in [-0.39, 0.29) is 23.0 Å². The second kappa shape index (κ2) is 9.75. The fraction of sp³-hybridized carbons (Fsp3) is 0.121. The first-order valence-corrected chi connectivity index (χ1v) is 13.4. The van der Waals surface area contributed by atoms with Crippen LogP contribution in [-0.2, 0) is 17.8 Å². The van der Waals surface area contributed by atoms with Gasteiger partial charge in [0.1, 0.15) is 17.9 Å². The zero-order valence-corrected chi connectivity index (χ0v) is 21.9. The number of hydrogen-bond donors (Lipinski definition) is 2. The number of urea groups is 1. The molecule has 2 aliphatic rings. The molecule has 2 unspecified atom stereocenters. The molecule has 0 aliphatic carbocycles. The van der Waals surface area contributed by atoms with Gasteiger partial charge in [-0.3, -0.25) is 14.5 Å². The number of rotatable bonds is 5. The first-order valence-electron chi connectivity index (χ1n) is 13.4. The third-order valence-electron chi connectivity index (χ3n) is 7.92. The first kappa shape index (κ1) is 24.8. The van der Waals surface area contributed by atoms with Gasteiger partial charge in [0.15, 0.2) is 0 Å². The van der Waals surface area contributed by atoms with Gasteiger partial charge in [0.25, 0.3) is 11.8 Å². The molecule has 2 aliphatic heterocycles. The molecular weight excluding hydrogens is 519 g/mol. The van der Waals surface area contributed by atoms with E-state index >= 15 is 0 Å². The average Bonchev–Trinajstić information content (AvgIpc) is 3.50. The fourth-order valence-electron chi connectivity index (χ4n) is 6.02. The maximum atomic E-state index is 14.2. The number of aromatic nitrogens is 1. The Hall–Kier alpha value is -5.24. The molecule has 0 radical (unpaired) electrons. The number of aromatic amines is 1. The Morgan fingerprint density at radius 2 is 1.59 bits per heavy atom. The van der Waals surface area contributed by atoms with Crippen molar-refractivity contribution in [2.24, 2.45) is 0 Å². The maximum Gasteiger partial charge on any atom is 0.332 e. The van der Waals surface area contributed by atoms with Crippen molar-refractivity contribution in [3.63, 3.8) is 0 Å². The van der Waals surface area contributed by atoms with Crippen molar-refractivity contribution in [2.45, 2.75) is 25.0 Å². The number of nitrogens with zero attached hydrogens (tertiary/aromatic N) is 2. The molecule has 1 saturated heterocycles. The van der Waals surface area contributed by atoms with E-state index in [1.807, 2.05) is 54.6 Å². The number of benzene rings is 4. The number of amides is 4. The number of nitrogens with one attached hydrogen (secondary N) is 2. The van der Waals surface area contributed by atoms with Crippen LogP contribution in [0.5, 0.6) is 0 Å². The minimum atomic E-state index is -0.787. The van der Waals surface area contributed by atoms with Gasteiger partial charge < -0.3 is 10.3 Å². The predicted octanol–water partition coefficient (Wildman–Crippen LogP) is 5.72. The highest BCUT2D eigenvalue weighted by Gasteiger charge is 2.53. The largest absolute Gasteiger partial charge is 0.356 e. The molecule has 1 fully saturated rings. The standard InChI is InChI=1S/C33H25FN4O3/c34-22-16-14-21(15-17-22)30-29-25(23-10-4-6-12-26(23)36-29)18-28-32(40)38(33(41)37(28)30)27-13-7-5-11-24(27)31(39)35-19-20-8-2-1-3-9-20/h1-17,28,30,36H,18-19H2,(H,35,39). The van der Waals surface area contributed by atoms with Crippen LogP contribution in [0.2, 0.25) is 0 Å². The van der Waals surface area contributed by atoms with Gasteiger partial charge in [0, 0.05) is 29.6 Å². The van der Waals surface area contributed by atoms with Crippen molar-refractivity contribution >= 4 is 34.4 Å². The molecule has 0 saturated carbocycles. The molecule has 5 aromatic rings. The highest BCUT2D eigenvalue weighted by atomic mass is 19.1. The number of H-pyrrole nitrogens is 1. The van der Waals surface area contributed by atoms with Crippen LogP contribution in [0.4, 0.5) is 14.9 Å². The Morgan fingerprint density at radius 3 is 2.39 bits per heavy atom. The van der Waals surface area contributed by atoms with E-state index in [4.69, 9.17) is 0 Å². The normalized spacial score (nSPS) is 18.0. The van der Waals surface area contributed by atoms with Gasteiger partial charge in [-0.05, 0) is 47.0 Å². The van der Waals surface area contributed by atoms with Gasteiger partial charge in [-0.25, -0.2) is 14.1 Å². The predicted molar refractivity (Wildman–Crippen MR) is 153 cm³/mol. The van der Waals surface area contributed by atoms with Gasteiger partial charge in [-0.15, -0.1) is 0 Å². The van der Waals surface area contributed by atoms with Crippen molar-refractivity contribution in [3.8, 4) is 0 Å². The van der Waals surface area contributed by atoms with E-state index in [0.717, 1.165) is 32.6 Å². The lowest BCUT2D eigenvalue weighted by Gasteiger charge is -2.36. The number of fused-ring (bicyclic) bond motifs is 4. The molecule has 8 heteroatoms. The zero-order valence-electron chi connectivity index (χ0n) is 21.9. The summed E-state index contributed by atoms with van der Waals surface area (Å²) in [7, 11) is 0. The SMILES string of the molecule is O=C(NCc1ccccc1)c1ccccc1N1C(=O)C2Cc3c([nH]c4ccccc34)C(c3ccc(F)cc3)N2C1=O. The Morgan fingerprint density at radius 1 is 0.878 bits per heavy atom. The Kier molecular flexibility index (Phi) is 5.89. The van der Waals surface area contributed by atoms with Crippen molar-refractivity contribution < 1.29 is 18.8 Å². The summed E-state index contributed by atoms with van der Waals surface area (Å²) in [6, 6.07) is 28.0. The van der Waals surface area contributed by atoms with Gasteiger partial charge in [-0.2, -0.15) is 0 Å². The summed E-state index contributed by atoms with van der Waals surface area (Å²) in [5.41, 5.74) is 4.73. The Labute approximate surface area is 235 Å². The fourth-order valence-corrected chi connectivity index (χ4v) is 6.02. The van der Waals surface area contributed by atoms with Crippen LogP contribution in [0.15, 0.2) is 103 Å². The molecule has 7 nitrogen and oxygen atoms in total. The third-order valence-corrected chi connectivity index (χ3v) is 7.92. The number of imide groups is 1. The molecule has 202 valence electrons. The monoisotopic (exact) mass is 544 g/mol. The minimum absolute atomic E-state index is 0.229.